The quantitative estimate of drug-likeness (QED) is 0.685. The molecule has 0 bridgehead atoms. The summed E-state index contributed by atoms with van der Waals surface area (Å²) in [4.78, 5) is 14.1. The van der Waals surface area contributed by atoms with Crippen LogP contribution in [-0.4, -0.2) is 57.7 Å². The highest BCUT2D eigenvalue weighted by Crippen LogP contribution is 2.28. The number of likely N-dealkylation sites (N-methyl/N-ethyl adjacent to an activating group) is 1. The van der Waals surface area contributed by atoms with E-state index >= 15 is 0 Å². The van der Waals surface area contributed by atoms with Crippen molar-refractivity contribution in [3.63, 3.8) is 0 Å². The molecule has 0 amide bonds. The second kappa shape index (κ2) is 5.32. The summed E-state index contributed by atoms with van der Waals surface area (Å²) < 4.78 is 1.86. The fourth-order valence-corrected chi connectivity index (χ4v) is 3.41. The van der Waals surface area contributed by atoms with Crippen LogP contribution >= 0.6 is 11.6 Å². The van der Waals surface area contributed by atoms with Crippen molar-refractivity contribution in [1.82, 2.24) is 24.5 Å². The van der Waals surface area contributed by atoms with E-state index in [1.54, 1.807) is 0 Å². The molecule has 1 aliphatic rings. The Morgan fingerprint density at radius 3 is 2.52 bits per heavy atom. The standard InChI is InChI=1S/C16H19ClN6/c1-10-8-12(17)9-13-14(10)19-16(22-6-4-21(3)5-7-22)23-15(13)18-11(2)20-23/h8-9H,4-7H2,1-3H3. The van der Waals surface area contributed by atoms with Crippen molar-refractivity contribution in [3.05, 3.63) is 28.5 Å². The summed E-state index contributed by atoms with van der Waals surface area (Å²) in [5.41, 5.74) is 2.83. The number of hydrogen-bond donors (Lipinski definition) is 0. The van der Waals surface area contributed by atoms with Crippen LogP contribution in [0.25, 0.3) is 16.6 Å². The molecule has 1 aromatic carbocycles. The Bertz CT molecular complexity index is 895. The van der Waals surface area contributed by atoms with Crippen LogP contribution < -0.4 is 4.90 Å². The first-order valence-electron chi connectivity index (χ1n) is 7.79. The molecule has 7 heteroatoms. The normalized spacial score (nSPS) is 16.6. The molecule has 2 aromatic heterocycles. The van der Waals surface area contributed by atoms with E-state index in [1.165, 1.54) is 0 Å². The third-order valence-electron chi connectivity index (χ3n) is 4.41. The maximum atomic E-state index is 6.23. The summed E-state index contributed by atoms with van der Waals surface area (Å²) in [6.45, 7) is 7.87. The van der Waals surface area contributed by atoms with E-state index in [2.05, 4.69) is 26.9 Å². The molecular weight excluding hydrogens is 312 g/mol. The van der Waals surface area contributed by atoms with Gasteiger partial charge in [0.2, 0.25) is 5.95 Å². The lowest BCUT2D eigenvalue weighted by molar-refractivity contribution is 0.310. The van der Waals surface area contributed by atoms with Crippen LogP contribution in [0.15, 0.2) is 12.1 Å². The molecule has 0 N–H and O–H groups in total. The Morgan fingerprint density at radius 2 is 1.78 bits per heavy atom. The van der Waals surface area contributed by atoms with Gasteiger partial charge in [0.25, 0.3) is 0 Å². The summed E-state index contributed by atoms with van der Waals surface area (Å²) in [6, 6.07) is 3.87. The van der Waals surface area contributed by atoms with Gasteiger partial charge in [-0.05, 0) is 38.6 Å². The van der Waals surface area contributed by atoms with E-state index in [9.17, 15) is 0 Å². The van der Waals surface area contributed by atoms with Crippen molar-refractivity contribution in [2.24, 2.45) is 0 Å². The smallest absolute Gasteiger partial charge is 0.229 e. The van der Waals surface area contributed by atoms with Gasteiger partial charge in [0, 0.05) is 36.6 Å². The van der Waals surface area contributed by atoms with E-state index in [4.69, 9.17) is 16.6 Å². The summed E-state index contributed by atoms with van der Waals surface area (Å²) in [5, 5.41) is 6.21. The van der Waals surface area contributed by atoms with Gasteiger partial charge in [-0.2, -0.15) is 4.52 Å². The SMILES string of the molecule is Cc1nc2c3cc(Cl)cc(C)c3nc(N3CCN(C)CC3)n2n1. The van der Waals surface area contributed by atoms with Crippen LogP contribution in [0.2, 0.25) is 5.02 Å². The van der Waals surface area contributed by atoms with Crippen molar-refractivity contribution < 1.29 is 0 Å². The zero-order valence-electron chi connectivity index (χ0n) is 13.5. The Labute approximate surface area is 139 Å². The fourth-order valence-electron chi connectivity index (χ4n) is 3.14. The first-order valence-corrected chi connectivity index (χ1v) is 8.17. The molecule has 0 spiro atoms. The largest absolute Gasteiger partial charge is 0.338 e. The number of fused-ring (bicyclic) bond motifs is 3. The minimum atomic E-state index is 0.701. The molecule has 4 rings (SSSR count). The Balaban J connectivity index is 1.99. The minimum absolute atomic E-state index is 0.701. The highest BCUT2D eigenvalue weighted by atomic mass is 35.5. The van der Waals surface area contributed by atoms with Gasteiger partial charge in [0.15, 0.2) is 5.65 Å². The molecule has 0 aliphatic carbocycles. The third kappa shape index (κ3) is 2.42. The van der Waals surface area contributed by atoms with Crippen LogP contribution in [0.5, 0.6) is 0 Å². The number of halogens is 1. The summed E-state index contributed by atoms with van der Waals surface area (Å²) in [7, 11) is 2.15. The molecule has 0 radical (unpaired) electrons. The van der Waals surface area contributed by atoms with Gasteiger partial charge in [-0.3, -0.25) is 0 Å². The van der Waals surface area contributed by atoms with Gasteiger partial charge in [-0.1, -0.05) is 11.6 Å². The molecule has 3 aromatic rings. The van der Waals surface area contributed by atoms with Gasteiger partial charge in [-0.25, -0.2) is 9.97 Å². The number of aromatic nitrogens is 4. The predicted octanol–water partition coefficient (Wildman–Crippen LogP) is 2.30. The van der Waals surface area contributed by atoms with E-state index in [1.807, 2.05) is 30.5 Å². The number of hydrogen-bond acceptors (Lipinski definition) is 5. The maximum Gasteiger partial charge on any atom is 0.229 e. The van der Waals surface area contributed by atoms with Crippen LogP contribution in [-0.2, 0) is 0 Å². The first-order chi connectivity index (χ1) is 11.0. The number of anilines is 1. The molecule has 120 valence electrons. The monoisotopic (exact) mass is 330 g/mol. The van der Waals surface area contributed by atoms with Crippen LogP contribution in [0.3, 0.4) is 0 Å². The van der Waals surface area contributed by atoms with Crippen molar-refractivity contribution in [2.75, 3.05) is 38.1 Å². The number of benzene rings is 1. The number of nitrogens with zero attached hydrogens (tertiary/aromatic N) is 6. The second-order valence-electron chi connectivity index (χ2n) is 6.22. The van der Waals surface area contributed by atoms with Crippen LogP contribution in [0.1, 0.15) is 11.4 Å². The van der Waals surface area contributed by atoms with Gasteiger partial charge >= 0.3 is 0 Å². The van der Waals surface area contributed by atoms with E-state index in [0.717, 1.165) is 60.1 Å². The lowest BCUT2D eigenvalue weighted by Gasteiger charge is -2.33. The van der Waals surface area contributed by atoms with Crippen molar-refractivity contribution in [3.8, 4) is 0 Å². The minimum Gasteiger partial charge on any atom is -0.338 e. The molecule has 1 aliphatic heterocycles. The Hall–Kier alpha value is -1.92. The van der Waals surface area contributed by atoms with Gasteiger partial charge in [0.05, 0.1) is 5.52 Å². The van der Waals surface area contributed by atoms with Gasteiger partial charge in [0.1, 0.15) is 5.82 Å². The Morgan fingerprint density at radius 1 is 1.04 bits per heavy atom. The van der Waals surface area contributed by atoms with E-state index in [0.29, 0.717) is 5.02 Å². The van der Waals surface area contributed by atoms with Crippen molar-refractivity contribution >= 4 is 34.1 Å². The lowest BCUT2D eigenvalue weighted by Crippen LogP contribution is -2.45. The van der Waals surface area contributed by atoms with Gasteiger partial charge < -0.3 is 9.80 Å². The predicted molar refractivity (Wildman–Crippen MR) is 92.5 cm³/mol. The zero-order chi connectivity index (χ0) is 16.1. The van der Waals surface area contributed by atoms with Crippen LogP contribution in [0.4, 0.5) is 5.95 Å². The average molecular weight is 331 g/mol. The molecule has 23 heavy (non-hydrogen) atoms. The molecule has 0 atom stereocenters. The molecule has 0 saturated carbocycles. The third-order valence-corrected chi connectivity index (χ3v) is 4.62. The van der Waals surface area contributed by atoms with Crippen molar-refractivity contribution in [1.29, 1.82) is 0 Å². The maximum absolute atomic E-state index is 6.23. The number of rotatable bonds is 1. The average Bonchev–Trinajstić information content (AvgIpc) is 2.89. The molecular formula is C16H19ClN6. The number of piperazine rings is 1. The van der Waals surface area contributed by atoms with Crippen LogP contribution in [0, 0.1) is 13.8 Å². The fraction of sp³-hybridized carbons (Fsp3) is 0.438. The van der Waals surface area contributed by atoms with E-state index < -0.39 is 0 Å². The van der Waals surface area contributed by atoms with Crippen molar-refractivity contribution in [2.45, 2.75) is 13.8 Å². The molecule has 1 saturated heterocycles. The zero-order valence-corrected chi connectivity index (χ0v) is 14.3. The number of aryl methyl sites for hydroxylation is 2. The molecule has 6 nitrogen and oxygen atoms in total. The Kier molecular flexibility index (Phi) is 3.39. The summed E-state index contributed by atoms with van der Waals surface area (Å²) in [5.74, 6) is 1.61. The summed E-state index contributed by atoms with van der Waals surface area (Å²) in [6.07, 6.45) is 0. The highest BCUT2D eigenvalue weighted by molar-refractivity contribution is 6.31. The van der Waals surface area contributed by atoms with Gasteiger partial charge in [-0.15, -0.1) is 5.10 Å². The van der Waals surface area contributed by atoms with E-state index in [-0.39, 0.29) is 0 Å². The highest BCUT2D eigenvalue weighted by Gasteiger charge is 2.21. The topological polar surface area (TPSA) is 49.6 Å². The molecule has 3 heterocycles. The summed E-state index contributed by atoms with van der Waals surface area (Å²) >= 11 is 6.23. The molecule has 0 unspecified atom stereocenters. The second-order valence-corrected chi connectivity index (χ2v) is 6.65. The first kappa shape index (κ1) is 14.7. The molecule has 1 fully saturated rings. The lowest BCUT2D eigenvalue weighted by atomic mass is 10.1.